The molecule has 0 spiro atoms. The molecule has 0 aliphatic heterocycles. The molecule has 0 amide bonds. The molecule has 0 bridgehead atoms. The lowest BCUT2D eigenvalue weighted by atomic mass is 10.2. The van der Waals surface area contributed by atoms with Gasteiger partial charge in [-0.05, 0) is 36.8 Å². The van der Waals surface area contributed by atoms with Crippen LogP contribution in [0.25, 0.3) is 0 Å². The number of hydrogen-bond acceptors (Lipinski definition) is 2. The Morgan fingerprint density at radius 2 is 2.07 bits per heavy atom. The number of aryl methyl sites for hydroxylation is 1. The van der Waals surface area contributed by atoms with E-state index in [-0.39, 0.29) is 0 Å². The normalized spacial score (nSPS) is 10.4. The van der Waals surface area contributed by atoms with Gasteiger partial charge in [0.2, 0.25) is 0 Å². The summed E-state index contributed by atoms with van der Waals surface area (Å²) in [4.78, 5) is 0. The molecule has 1 heterocycles. The van der Waals surface area contributed by atoms with Crippen molar-refractivity contribution in [3.63, 3.8) is 0 Å². The standard InChI is InChI=1S/C11H17BrOS/c1-10-8-11(14-9-10)13-7-5-3-2-4-6-12/h8-9H,2-7H2,1H3. The number of unbranched alkanes of at least 4 members (excludes halogenated alkanes) is 3. The Hall–Kier alpha value is -0.0200. The molecule has 1 rings (SSSR count). The van der Waals surface area contributed by atoms with E-state index in [1.807, 2.05) is 0 Å². The van der Waals surface area contributed by atoms with Crippen LogP contribution in [-0.2, 0) is 0 Å². The smallest absolute Gasteiger partial charge is 0.173 e. The molecule has 0 N–H and O–H groups in total. The van der Waals surface area contributed by atoms with Gasteiger partial charge in [-0.25, -0.2) is 0 Å². The molecule has 1 nitrogen and oxygen atoms in total. The summed E-state index contributed by atoms with van der Waals surface area (Å²) in [5.41, 5.74) is 1.30. The van der Waals surface area contributed by atoms with E-state index in [4.69, 9.17) is 4.74 Å². The van der Waals surface area contributed by atoms with E-state index in [0.717, 1.165) is 17.0 Å². The molecule has 0 aliphatic rings. The number of ether oxygens (including phenoxy) is 1. The van der Waals surface area contributed by atoms with Crippen LogP contribution in [0.5, 0.6) is 5.06 Å². The molecular formula is C11H17BrOS. The van der Waals surface area contributed by atoms with Crippen molar-refractivity contribution < 1.29 is 4.74 Å². The monoisotopic (exact) mass is 276 g/mol. The van der Waals surface area contributed by atoms with Gasteiger partial charge in [0.05, 0.1) is 6.61 Å². The van der Waals surface area contributed by atoms with Crippen LogP contribution in [0.15, 0.2) is 11.4 Å². The van der Waals surface area contributed by atoms with E-state index in [1.165, 1.54) is 31.2 Å². The highest BCUT2D eigenvalue weighted by molar-refractivity contribution is 9.09. The summed E-state index contributed by atoms with van der Waals surface area (Å²) in [6.45, 7) is 2.96. The Kier molecular flexibility index (Phi) is 6.28. The first-order chi connectivity index (χ1) is 6.83. The van der Waals surface area contributed by atoms with E-state index >= 15 is 0 Å². The van der Waals surface area contributed by atoms with Crippen LogP contribution >= 0.6 is 27.3 Å². The minimum Gasteiger partial charge on any atom is -0.484 e. The third-order valence-corrected chi connectivity index (χ3v) is 3.50. The zero-order chi connectivity index (χ0) is 10.2. The minimum atomic E-state index is 0.863. The van der Waals surface area contributed by atoms with Crippen molar-refractivity contribution >= 4 is 27.3 Å². The van der Waals surface area contributed by atoms with E-state index in [9.17, 15) is 0 Å². The zero-order valence-electron chi connectivity index (χ0n) is 8.59. The third-order valence-electron chi connectivity index (χ3n) is 1.98. The van der Waals surface area contributed by atoms with Gasteiger partial charge in [-0.3, -0.25) is 0 Å². The molecule has 80 valence electrons. The Labute approximate surface area is 98.6 Å². The Morgan fingerprint density at radius 1 is 1.29 bits per heavy atom. The Bertz CT molecular complexity index is 247. The molecule has 0 aliphatic carbocycles. The van der Waals surface area contributed by atoms with Gasteiger partial charge >= 0.3 is 0 Å². The highest BCUT2D eigenvalue weighted by Gasteiger charge is 1.96. The van der Waals surface area contributed by atoms with Crippen LogP contribution in [0.2, 0.25) is 0 Å². The molecule has 0 saturated heterocycles. The van der Waals surface area contributed by atoms with Crippen LogP contribution < -0.4 is 4.74 Å². The van der Waals surface area contributed by atoms with E-state index in [0.29, 0.717) is 0 Å². The van der Waals surface area contributed by atoms with E-state index < -0.39 is 0 Å². The van der Waals surface area contributed by atoms with Gasteiger partial charge in [0.1, 0.15) is 0 Å². The molecule has 0 atom stereocenters. The predicted molar refractivity (Wildman–Crippen MR) is 66.8 cm³/mol. The van der Waals surface area contributed by atoms with Crippen molar-refractivity contribution in [1.82, 2.24) is 0 Å². The first kappa shape index (κ1) is 12.1. The fraction of sp³-hybridized carbons (Fsp3) is 0.636. The van der Waals surface area contributed by atoms with E-state index in [1.54, 1.807) is 11.3 Å². The highest BCUT2D eigenvalue weighted by atomic mass is 79.9. The first-order valence-electron chi connectivity index (χ1n) is 5.07. The van der Waals surface area contributed by atoms with Gasteiger partial charge in [0.15, 0.2) is 5.06 Å². The quantitative estimate of drug-likeness (QED) is 0.530. The van der Waals surface area contributed by atoms with Crippen LogP contribution in [0.4, 0.5) is 0 Å². The molecule has 14 heavy (non-hydrogen) atoms. The maximum Gasteiger partial charge on any atom is 0.173 e. The third kappa shape index (κ3) is 5.01. The molecule has 1 aromatic heterocycles. The topological polar surface area (TPSA) is 9.23 Å². The van der Waals surface area contributed by atoms with Gasteiger partial charge in [0, 0.05) is 5.33 Å². The summed E-state index contributed by atoms with van der Waals surface area (Å²) in [6.07, 6.45) is 5.02. The van der Waals surface area contributed by atoms with Crippen LogP contribution in [0.1, 0.15) is 31.2 Å². The zero-order valence-corrected chi connectivity index (χ0v) is 11.0. The molecule has 0 aromatic carbocycles. The van der Waals surface area contributed by atoms with Gasteiger partial charge in [-0.15, -0.1) is 11.3 Å². The second-order valence-electron chi connectivity index (χ2n) is 3.39. The van der Waals surface area contributed by atoms with Crippen molar-refractivity contribution in [2.75, 3.05) is 11.9 Å². The van der Waals surface area contributed by atoms with Crippen molar-refractivity contribution in [3.8, 4) is 5.06 Å². The molecule has 3 heteroatoms. The lowest BCUT2D eigenvalue weighted by Gasteiger charge is -2.02. The largest absolute Gasteiger partial charge is 0.484 e. The summed E-state index contributed by atoms with van der Waals surface area (Å²) in [5.74, 6) is 0. The predicted octanol–water partition coefficient (Wildman–Crippen LogP) is 4.39. The van der Waals surface area contributed by atoms with Crippen molar-refractivity contribution in [2.45, 2.75) is 32.6 Å². The van der Waals surface area contributed by atoms with Gasteiger partial charge < -0.3 is 4.74 Å². The Balaban J connectivity index is 1.99. The Morgan fingerprint density at radius 3 is 2.71 bits per heavy atom. The molecule has 0 fully saturated rings. The fourth-order valence-electron chi connectivity index (χ4n) is 1.20. The number of hydrogen-bond donors (Lipinski definition) is 0. The van der Waals surface area contributed by atoms with Gasteiger partial charge in [0.25, 0.3) is 0 Å². The number of thiophene rings is 1. The summed E-state index contributed by atoms with van der Waals surface area (Å²) < 4.78 is 5.61. The molecule has 0 saturated carbocycles. The number of alkyl halides is 1. The molecule has 0 unspecified atom stereocenters. The molecular weight excluding hydrogens is 260 g/mol. The van der Waals surface area contributed by atoms with E-state index in [2.05, 4.69) is 34.3 Å². The average molecular weight is 277 g/mol. The summed E-state index contributed by atoms with van der Waals surface area (Å²) >= 11 is 5.12. The maximum atomic E-state index is 5.61. The lowest BCUT2D eigenvalue weighted by Crippen LogP contribution is -1.95. The van der Waals surface area contributed by atoms with Crippen molar-refractivity contribution in [2.24, 2.45) is 0 Å². The second kappa shape index (κ2) is 7.30. The average Bonchev–Trinajstić information content (AvgIpc) is 2.58. The highest BCUT2D eigenvalue weighted by Crippen LogP contribution is 2.22. The number of rotatable bonds is 7. The van der Waals surface area contributed by atoms with Crippen LogP contribution in [-0.4, -0.2) is 11.9 Å². The minimum absolute atomic E-state index is 0.863. The second-order valence-corrected chi connectivity index (χ2v) is 5.06. The van der Waals surface area contributed by atoms with Gasteiger partial charge in [-0.2, -0.15) is 0 Å². The first-order valence-corrected chi connectivity index (χ1v) is 7.07. The molecule has 1 aromatic rings. The maximum absolute atomic E-state index is 5.61. The van der Waals surface area contributed by atoms with Crippen molar-refractivity contribution in [1.29, 1.82) is 0 Å². The molecule has 0 radical (unpaired) electrons. The van der Waals surface area contributed by atoms with Crippen LogP contribution in [0.3, 0.4) is 0 Å². The summed E-state index contributed by atoms with van der Waals surface area (Å²) in [7, 11) is 0. The summed E-state index contributed by atoms with van der Waals surface area (Å²) in [5, 5.41) is 4.31. The van der Waals surface area contributed by atoms with Crippen molar-refractivity contribution in [3.05, 3.63) is 17.0 Å². The number of halogens is 1. The van der Waals surface area contributed by atoms with Crippen LogP contribution in [0, 0.1) is 6.92 Å². The SMILES string of the molecule is Cc1csc(OCCCCCCBr)c1. The summed E-state index contributed by atoms with van der Waals surface area (Å²) in [6, 6.07) is 2.10. The fourth-order valence-corrected chi connectivity index (χ4v) is 2.38. The lowest BCUT2D eigenvalue weighted by molar-refractivity contribution is 0.313. The van der Waals surface area contributed by atoms with Gasteiger partial charge in [-0.1, -0.05) is 28.8 Å².